The lowest BCUT2D eigenvalue weighted by Gasteiger charge is -2.21. The molecule has 0 bridgehead atoms. The van der Waals surface area contributed by atoms with Gasteiger partial charge in [-0.1, -0.05) is 25.3 Å². The van der Waals surface area contributed by atoms with Crippen LogP contribution in [0.4, 0.5) is 5.69 Å². The molecule has 2 amide bonds. The maximum atomic E-state index is 12.3. The monoisotopic (exact) mass is 389 g/mol. The first-order chi connectivity index (χ1) is 13.1. The molecule has 6 nitrogen and oxygen atoms in total. The Bertz CT molecular complexity index is 683. The predicted molar refractivity (Wildman–Crippen MR) is 109 cm³/mol. The summed E-state index contributed by atoms with van der Waals surface area (Å²) in [6.07, 6.45) is 7.39. The van der Waals surface area contributed by atoms with Crippen molar-refractivity contribution in [1.82, 2.24) is 10.6 Å². The number of thiocarbonyl (C=S) groups is 1. The summed E-state index contributed by atoms with van der Waals surface area (Å²) in [5, 5.41) is 8.94. The minimum absolute atomic E-state index is 0.0161. The Balaban J connectivity index is 1.49. The molecule has 2 fully saturated rings. The number of carbonyl (C=O) groups excluding carboxylic acids is 2. The minimum Gasteiger partial charge on any atom is -0.376 e. The van der Waals surface area contributed by atoms with E-state index in [1.165, 1.54) is 6.42 Å². The fraction of sp³-hybridized carbons (Fsp3) is 0.550. The third-order valence-electron chi connectivity index (χ3n) is 5.11. The van der Waals surface area contributed by atoms with Gasteiger partial charge in [0.2, 0.25) is 5.91 Å². The Morgan fingerprint density at radius 1 is 1.11 bits per heavy atom. The van der Waals surface area contributed by atoms with Crippen molar-refractivity contribution in [3.8, 4) is 0 Å². The summed E-state index contributed by atoms with van der Waals surface area (Å²) in [7, 11) is 0. The average Bonchev–Trinajstić information content (AvgIpc) is 3.20. The van der Waals surface area contributed by atoms with E-state index in [2.05, 4.69) is 16.0 Å². The molecule has 0 unspecified atom stereocenters. The van der Waals surface area contributed by atoms with Gasteiger partial charge in [0.15, 0.2) is 5.11 Å². The maximum Gasteiger partial charge on any atom is 0.251 e. The number of rotatable bonds is 5. The standard InChI is InChI=1S/C20H27N3O3S/c24-18(21-13-17-10-5-11-26-17)15-8-4-9-16(12-15)22-20(27)23-19(25)14-6-2-1-3-7-14/h4,8-9,12,14,17H,1-3,5-7,10-11,13H2,(H,21,24)(H2,22,23,25,27)/t17-/m1/s1. The van der Waals surface area contributed by atoms with E-state index in [1.807, 2.05) is 6.07 Å². The predicted octanol–water partition coefficient (Wildman–Crippen LogP) is 2.99. The summed E-state index contributed by atoms with van der Waals surface area (Å²) in [6, 6.07) is 7.08. The molecule has 1 aliphatic carbocycles. The first-order valence-corrected chi connectivity index (χ1v) is 10.1. The van der Waals surface area contributed by atoms with Crippen molar-refractivity contribution in [2.24, 2.45) is 5.92 Å². The van der Waals surface area contributed by atoms with Crippen molar-refractivity contribution < 1.29 is 14.3 Å². The Kier molecular flexibility index (Phi) is 7.18. The second-order valence-corrected chi connectivity index (χ2v) is 7.61. The number of ether oxygens (including phenoxy) is 1. The zero-order valence-corrected chi connectivity index (χ0v) is 16.3. The average molecular weight is 390 g/mol. The largest absolute Gasteiger partial charge is 0.376 e. The highest BCUT2D eigenvalue weighted by Gasteiger charge is 2.22. The summed E-state index contributed by atoms with van der Waals surface area (Å²) in [5.74, 6) is -0.114. The third kappa shape index (κ3) is 6.01. The summed E-state index contributed by atoms with van der Waals surface area (Å²) in [4.78, 5) is 24.6. The quantitative estimate of drug-likeness (QED) is 0.675. The van der Waals surface area contributed by atoms with Gasteiger partial charge in [-0.05, 0) is 56.1 Å². The summed E-state index contributed by atoms with van der Waals surface area (Å²) >= 11 is 5.25. The van der Waals surface area contributed by atoms with Crippen LogP contribution < -0.4 is 16.0 Å². The molecular weight excluding hydrogens is 362 g/mol. The number of hydrogen-bond donors (Lipinski definition) is 3. The molecule has 1 aromatic carbocycles. The summed E-state index contributed by atoms with van der Waals surface area (Å²) < 4.78 is 5.52. The molecule has 0 aromatic heterocycles. The number of anilines is 1. The van der Waals surface area contributed by atoms with Crippen LogP contribution in [0.5, 0.6) is 0 Å². The maximum absolute atomic E-state index is 12.3. The van der Waals surface area contributed by atoms with Gasteiger partial charge in [-0.3, -0.25) is 9.59 Å². The molecule has 1 aromatic rings. The molecule has 1 heterocycles. The lowest BCUT2D eigenvalue weighted by Crippen LogP contribution is -2.39. The molecule has 1 atom stereocenters. The Morgan fingerprint density at radius 2 is 1.93 bits per heavy atom. The van der Waals surface area contributed by atoms with Crippen LogP contribution in [0.25, 0.3) is 0 Å². The molecule has 1 saturated heterocycles. The third-order valence-corrected chi connectivity index (χ3v) is 5.31. The lowest BCUT2D eigenvalue weighted by molar-refractivity contribution is -0.124. The fourth-order valence-corrected chi connectivity index (χ4v) is 3.81. The van der Waals surface area contributed by atoms with E-state index in [9.17, 15) is 9.59 Å². The topological polar surface area (TPSA) is 79.5 Å². The molecule has 3 N–H and O–H groups in total. The van der Waals surface area contributed by atoms with Crippen molar-refractivity contribution in [2.45, 2.75) is 51.0 Å². The van der Waals surface area contributed by atoms with Crippen LogP contribution in [0.1, 0.15) is 55.3 Å². The van der Waals surface area contributed by atoms with Crippen LogP contribution in [0.15, 0.2) is 24.3 Å². The molecule has 146 valence electrons. The van der Waals surface area contributed by atoms with Crippen LogP contribution in [0, 0.1) is 5.92 Å². The SMILES string of the molecule is O=C(NC[C@H]1CCCO1)c1cccc(NC(=S)NC(=O)C2CCCCC2)c1. The van der Waals surface area contributed by atoms with E-state index in [0.29, 0.717) is 17.8 Å². The van der Waals surface area contributed by atoms with Gasteiger partial charge >= 0.3 is 0 Å². The van der Waals surface area contributed by atoms with Gasteiger partial charge in [0.25, 0.3) is 5.91 Å². The van der Waals surface area contributed by atoms with Crippen molar-refractivity contribution in [3.05, 3.63) is 29.8 Å². The zero-order chi connectivity index (χ0) is 19.1. The van der Waals surface area contributed by atoms with Crippen molar-refractivity contribution in [3.63, 3.8) is 0 Å². The molecule has 27 heavy (non-hydrogen) atoms. The van der Waals surface area contributed by atoms with Crippen LogP contribution in [-0.4, -0.2) is 36.2 Å². The normalized spacial score (nSPS) is 20.1. The van der Waals surface area contributed by atoms with Gasteiger partial charge in [0, 0.05) is 30.3 Å². The number of nitrogens with one attached hydrogen (secondary N) is 3. The molecule has 7 heteroatoms. The highest BCUT2D eigenvalue weighted by molar-refractivity contribution is 7.80. The number of amides is 2. The van der Waals surface area contributed by atoms with Gasteiger partial charge in [-0.25, -0.2) is 0 Å². The van der Waals surface area contributed by atoms with Gasteiger partial charge < -0.3 is 20.7 Å². The Hall–Kier alpha value is -1.99. The second-order valence-electron chi connectivity index (χ2n) is 7.20. The van der Waals surface area contributed by atoms with E-state index < -0.39 is 0 Å². The van der Waals surface area contributed by atoms with Gasteiger partial charge in [0.1, 0.15) is 0 Å². The van der Waals surface area contributed by atoms with E-state index in [4.69, 9.17) is 17.0 Å². The van der Waals surface area contributed by atoms with Crippen LogP contribution in [0.2, 0.25) is 0 Å². The van der Waals surface area contributed by atoms with Crippen molar-refractivity contribution in [1.29, 1.82) is 0 Å². The highest BCUT2D eigenvalue weighted by Crippen LogP contribution is 2.23. The molecule has 0 spiro atoms. The number of hydrogen-bond acceptors (Lipinski definition) is 4. The summed E-state index contributed by atoms with van der Waals surface area (Å²) in [5.41, 5.74) is 1.22. The first kappa shape index (κ1) is 19.8. The molecule has 2 aliphatic rings. The van der Waals surface area contributed by atoms with Crippen LogP contribution >= 0.6 is 12.2 Å². The van der Waals surface area contributed by atoms with Crippen molar-refractivity contribution >= 4 is 34.8 Å². The van der Waals surface area contributed by atoms with E-state index in [1.54, 1.807) is 18.2 Å². The smallest absolute Gasteiger partial charge is 0.251 e. The minimum atomic E-state index is -0.147. The number of benzene rings is 1. The highest BCUT2D eigenvalue weighted by atomic mass is 32.1. The molecule has 1 saturated carbocycles. The lowest BCUT2D eigenvalue weighted by atomic mass is 9.89. The van der Waals surface area contributed by atoms with Gasteiger partial charge in [-0.15, -0.1) is 0 Å². The Morgan fingerprint density at radius 3 is 2.67 bits per heavy atom. The fourth-order valence-electron chi connectivity index (χ4n) is 3.59. The van der Waals surface area contributed by atoms with E-state index in [-0.39, 0.29) is 28.9 Å². The van der Waals surface area contributed by atoms with Gasteiger partial charge in [-0.2, -0.15) is 0 Å². The zero-order valence-electron chi connectivity index (χ0n) is 15.5. The van der Waals surface area contributed by atoms with E-state index >= 15 is 0 Å². The van der Waals surface area contributed by atoms with Crippen molar-refractivity contribution in [2.75, 3.05) is 18.5 Å². The number of carbonyl (C=O) groups is 2. The molecular formula is C20H27N3O3S. The molecule has 0 radical (unpaired) electrons. The Labute approximate surface area is 165 Å². The first-order valence-electron chi connectivity index (χ1n) is 9.73. The van der Waals surface area contributed by atoms with E-state index in [0.717, 1.165) is 45.1 Å². The van der Waals surface area contributed by atoms with Crippen LogP contribution in [0.3, 0.4) is 0 Å². The van der Waals surface area contributed by atoms with Crippen LogP contribution in [-0.2, 0) is 9.53 Å². The second kappa shape index (κ2) is 9.80. The summed E-state index contributed by atoms with van der Waals surface area (Å²) in [6.45, 7) is 1.29. The van der Waals surface area contributed by atoms with Gasteiger partial charge in [0.05, 0.1) is 6.10 Å². The molecule has 1 aliphatic heterocycles. The molecule has 3 rings (SSSR count).